The Morgan fingerprint density at radius 3 is 2.50 bits per heavy atom. The van der Waals surface area contributed by atoms with Gasteiger partial charge in [-0.1, -0.05) is 12.1 Å². The maximum Gasteiger partial charge on any atom is 0.261 e. The standard InChI is InChI=1S/C21H26N4O/c1-16-10-11-17-20(22-16)25(15-7-14-24-12-5-6-13-24)19-9-4-3-8-18(19)23(2)21(17)26/h3-4,8-11H,5-7,12-15H2,1-2H3. The zero-order valence-electron chi connectivity index (χ0n) is 15.6. The van der Waals surface area contributed by atoms with Crippen LogP contribution in [0.15, 0.2) is 36.4 Å². The third-order valence-electron chi connectivity index (χ3n) is 5.39. The van der Waals surface area contributed by atoms with Crippen molar-refractivity contribution in [3.05, 3.63) is 47.7 Å². The van der Waals surface area contributed by atoms with Crippen LogP contribution in [-0.2, 0) is 0 Å². The molecule has 0 saturated carbocycles. The summed E-state index contributed by atoms with van der Waals surface area (Å²) in [6.07, 6.45) is 3.69. The number of likely N-dealkylation sites (tertiary alicyclic amines) is 1. The molecule has 5 heteroatoms. The predicted molar refractivity (Wildman–Crippen MR) is 105 cm³/mol. The number of benzene rings is 1. The van der Waals surface area contributed by atoms with E-state index < -0.39 is 0 Å². The molecule has 4 rings (SSSR count). The monoisotopic (exact) mass is 350 g/mol. The number of hydrogen-bond acceptors (Lipinski definition) is 4. The second-order valence-electron chi connectivity index (χ2n) is 7.23. The highest BCUT2D eigenvalue weighted by atomic mass is 16.2. The van der Waals surface area contributed by atoms with Gasteiger partial charge in [-0.3, -0.25) is 4.79 Å². The largest absolute Gasteiger partial charge is 0.324 e. The minimum Gasteiger partial charge on any atom is -0.324 e. The Morgan fingerprint density at radius 2 is 1.73 bits per heavy atom. The zero-order valence-corrected chi connectivity index (χ0v) is 15.6. The maximum atomic E-state index is 13.0. The summed E-state index contributed by atoms with van der Waals surface area (Å²) in [6.45, 7) is 6.37. The van der Waals surface area contributed by atoms with E-state index in [1.807, 2.05) is 44.3 Å². The molecule has 2 aliphatic heterocycles. The van der Waals surface area contributed by atoms with Crippen LogP contribution in [-0.4, -0.2) is 49.0 Å². The Bertz CT molecular complexity index is 813. The average molecular weight is 350 g/mol. The number of para-hydroxylation sites is 2. The van der Waals surface area contributed by atoms with Crippen molar-refractivity contribution < 1.29 is 4.79 Å². The fourth-order valence-corrected chi connectivity index (χ4v) is 3.98. The lowest BCUT2D eigenvalue weighted by molar-refractivity contribution is 0.0994. The Morgan fingerprint density at radius 1 is 1.00 bits per heavy atom. The van der Waals surface area contributed by atoms with Gasteiger partial charge in [-0.05, 0) is 70.1 Å². The van der Waals surface area contributed by atoms with E-state index in [2.05, 4.69) is 15.9 Å². The highest BCUT2D eigenvalue weighted by Gasteiger charge is 2.29. The summed E-state index contributed by atoms with van der Waals surface area (Å²) in [7, 11) is 1.85. The molecule has 0 N–H and O–H groups in total. The number of rotatable bonds is 4. The van der Waals surface area contributed by atoms with E-state index in [9.17, 15) is 4.79 Å². The molecule has 1 aromatic carbocycles. The summed E-state index contributed by atoms with van der Waals surface area (Å²) in [4.78, 5) is 24.3. The van der Waals surface area contributed by atoms with Crippen LogP contribution in [0.5, 0.6) is 0 Å². The molecule has 3 heterocycles. The molecule has 0 radical (unpaired) electrons. The molecule has 136 valence electrons. The molecule has 1 amide bonds. The number of fused-ring (bicyclic) bond motifs is 2. The lowest BCUT2D eigenvalue weighted by atomic mass is 10.2. The molecular weight excluding hydrogens is 324 g/mol. The summed E-state index contributed by atoms with van der Waals surface area (Å²) >= 11 is 0. The van der Waals surface area contributed by atoms with Crippen molar-refractivity contribution in [2.75, 3.05) is 43.0 Å². The van der Waals surface area contributed by atoms with E-state index in [1.54, 1.807) is 4.90 Å². The Kier molecular flexibility index (Phi) is 4.64. The van der Waals surface area contributed by atoms with Gasteiger partial charge in [-0.2, -0.15) is 0 Å². The number of carbonyl (C=O) groups is 1. The number of anilines is 3. The van der Waals surface area contributed by atoms with Crippen LogP contribution in [0, 0.1) is 6.92 Å². The first-order valence-electron chi connectivity index (χ1n) is 9.50. The SMILES string of the molecule is Cc1ccc2c(n1)N(CCCN1CCCC1)c1ccccc1N(C)C2=O. The molecule has 0 aliphatic carbocycles. The average Bonchev–Trinajstić information content (AvgIpc) is 3.15. The topological polar surface area (TPSA) is 39.7 Å². The van der Waals surface area contributed by atoms with Gasteiger partial charge in [0, 0.05) is 19.3 Å². The first-order valence-corrected chi connectivity index (χ1v) is 9.50. The molecule has 1 fully saturated rings. The van der Waals surface area contributed by atoms with Crippen molar-refractivity contribution >= 4 is 23.1 Å². The zero-order chi connectivity index (χ0) is 18.1. The van der Waals surface area contributed by atoms with Gasteiger partial charge in [0.1, 0.15) is 5.82 Å². The van der Waals surface area contributed by atoms with Crippen molar-refractivity contribution in [2.24, 2.45) is 0 Å². The number of aryl methyl sites for hydroxylation is 1. The van der Waals surface area contributed by atoms with Crippen molar-refractivity contribution in [3.63, 3.8) is 0 Å². The van der Waals surface area contributed by atoms with Gasteiger partial charge < -0.3 is 14.7 Å². The summed E-state index contributed by atoms with van der Waals surface area (Å²) < 4.78 is 0. The quantitative estimate of drug-likeness (QED) is 0.845. The molecule has 0 spiro atoms. The fraction of sp³-hybridized carbons (Fsp3) is 0.429. The van der Waals surface area contributed by atoms with Crippen molar-refractivity contribution in [1.82, 2.24) is 9.88 Å². The van der Waals surface area contributed by atoms with Gasteiger partial charge in [0.2, 0.25) is 0 Å². The third kappa shape index (κ3) is 3.07. The Hall–Kier alpha value is -2.40. The van der Waals surface area contributed by atoms with E-state index in [0.717, 1.165) is 42.4 Å². The van der Waals surface area contributed by atoms with Gasteiger partial charge in [0.25, 0.3) is 5.91 Å². The van der Waals surface area contributed by atoms with Crippen LogP contribution in [0.3, 0.4) is 0 Å². The van der Waals surface area contributed by atoms with Crippen LogP contribution in [0.25, 0.3) is 0 Å². The van der Waals surface area contributed by atoms with Crippen LogP contribution >= 0.6 is 0 Å². The molecule has 1 aromatic heterocycles. The number of nitrogens with zero attached hydrogens (tertiary/aromatic N) is 4. The van der Waals surface area contributed by atoms with Gasteiger partial charge >= 0.3 is 0 Å². The lowest BCUT2D eigenvalue weighted by Gasteiger charge is -2.26. The number of carbonyl (C=O) groups excluding carboxylic acids is 1. The Balaban J connectivity index is 1.70. The minimum atomic E-state index is 0.00185. The van der Waals surface area contributed by atoms with Crippen molar-refractivity contribution in [2.45, 2.75) is 26.2 Å². The maximum absolute atomic E-state index is 13.0. The van der Waals surface area contributed by atoms with Crippen LogP contribution in [0.1, 0.15) is 35.3 Å². The summed E-state index contributed by atoms with van der Waals surface area (Å²) in [6, 6.07) is 12.0. The van der Waals surface area contributed by atoms with E-state index in [1.165, 1.54) is 25.9 Å². The van der Waals surface area contributed by atoms with E-state index in [0.29, 0.717) is 5.56 Å². The summed E-state index contributed by atoms with van der Waals surface area (Å²) in [5, 5.41) is 0. The number of pyridine rings is 1. The van der Waals surface area contributed by atoms with Gasteiger partial charge in [0.05, 0.1) is 16.9 Å². The number of hydrogen-bond donors (Lipinski definition) is 0. The number of aromatic nitrogens is 1. The first kappa shape index (κ1) is 17.0. The molecular formula is C21H26N4O. The fourth-order valence-electron chi connectivity index (χ4n) is 3.98. The summed E-state index contributed by atoms with van der Waals surface area (Å²) in [5.74, 6) is 0.787. The third-order valence-corrected chi connectivity index (χ3v) is 5.39. The molecule has 0 unspecified atom stereocenters. The highest BCUT2D eigenvalue weighted by Crippen LogP contribution is 2.39. The van der Waals surface area contributed by atoms with Crippen LogP contribution in [0.4, 0.5) is 17.2 Å². The molecule has 0 atom stereocenters. The molecule has 2 aromatic rings. The minimum absolute atomic E-state index is 0.00185. The van der Waals surface area contributed by atoms with E-state index in [-0.39, 0.29) is 5.91 Å². The smallest absolute Gasteiger partial charge is 0.261 e. The second-order valence-corrected chi connectivity index (χ2v) is 7.23. The van der Waals surface area contributed by atoms with E-state index >= 15 is 0 Å². The predicted octanol–water partition coefficient (Wildman–Crippen LogP) is 3.60. The van der Waals surface area contributed by atoms with Crippen LogP contribution in [0.2, 0.25) is 0 Å². The molecule has 0 bridgehead atoms. The van der Waals surface area contributed by atoms with Crippen molar-refractivity contribution in [1.29, 1.82) is 0 Å². The lowest BCUT2D eigenvalue weighted by Crippen LogP contribution is -2.27. The first-order chi connectivity index (χ1) is 12.6. The molecule has 2 aliphatic rings. The van der Waals surface area contributed by atoms with Crippen LogP contribution < -0.4 is 9.80 Å². The number of amides is 1. The van der Waals surface area contributed by atoms with Gasteiger partial charge in [0.15, 0.2) is 0 Å². The molecule has 1 saturated heterocycles. The second kappa shape index (κ2) is 7.08. The Labute approximate surface area is 155 Å². The summed E-state index contributed by atoms with van der Waals surface area (Å²) in [5.41, 5.74) is 3.61. The normalized spacial score (nSPS) is 17.2. The van der Waals surface area contributed by atoms with Gasteiger partial charge in [-0.25, -0.2) is 4.98 Å². The molecule has 26 heavy (non-hydrogen) atoms. The van der Waals surface area contributed by atoms with E-state index in [4.69, 9.17) is 4.98 Å². The van der Waals surface area contributed by atoms with Crippen molar-refractivity contribution in [3.8, 4) is 0 Å². The van der Waals surface area contributed by atoms with Gasteiger partial charge in [-0.15, -0.1) is 0 Å². The highest BCUT2D eigenvalue weighted by molar-refractivity contribution is 6.13. The molecule has 5 nitrogen and oxygen atoms in total.